The van der Waals surface area contributed by atoms with Crippen molar-refractivity contribution in [1.82, 2.24) is 19.5 Å². The van der Waals surface area contributed by atoms with Crippen molar-refractivity contribution in [1.29, 1.82) is 0 Å². The van der Waals surface area contributed by atoms with E-state index >= 15 is 0 Å². The number of nitrogens with one attached hydrogen (secondary N) is 1. The van der Waals surface area contributed by atoms with Crippen LogP contribution in [-0.2, 0) is 10.0 Å². The summed E-state index contributed by atoms with van der Waals surface area (Å²) in [6.07, 6.45) is 8.51. The SMILES string of the molecule is O=S(=O)(c1cccc(N2C=CC=C(c3ccnn3-c3cc(F)ccc3F)N2)c1)N1CCCC1. The third-order valence-electron chi connectivity index (χ3n) is 5.59. The lowest BCUT2D eigenvalue weighted by molar-refractivity contribution is 0.477. The molecule has 3 aromatic rings. The number of anilines is 1. The van der Waals surface area contributed by atoms with Crippen molar-refractivity contribution < 1.29 is 17.2 Å². The van der Waals surface area contributed by atoms with E-state index in [2.05, 4.69) is 10.5 Å². The van der Waals surface area contributed by atoms with Crippen molar-refractivity contribution >= 4 is 21.4 Å². The second-order valence-corrected chi connectivity index (χ2v) is 9.67. The van der Waals surface area contributed by atoms with E-state index in [0.29, 0.717) is 30.2 Å². The van der Waals surface area contributed by atoms with Crippen molar-refractivity contribution in [2.75, 3.05) is 18.1 Å². The molecular weight excluding hydrogens is 448 g/mol. The molecule has 0 unspecified atom stereocenters. The zero-order valence-corrected chi connectivity index (χ0v) is 18.3. The van der Waals surface area contributed by atoms with Gasteiger partial charge >= 0.3 is 0 Å². The van der Waals surface area contributed by atoms with Crippen molar-refractivity contribution in [3.05, 3.63) is 90.4 Å². The lowest BCUT2D eigenvalue weighted by Gasteiger charge is -2.27. The standard InChI is InChI=1S/C23H21F2N5O2S/c24-17-8-9-20(25)23(15-17)30-22(10-11-26-30)21-7-4-14-29(27-21)18-5-3-6-19(16-18)33(31,32)28-12-1-2-13-28/h3-11,14-16,27H,1-2,12-13H2. The van der Waals surface area contributed by atoms with Crippen LogP contribution in [0.25, 0.3) is 11.4 Å². The van der Waals surface area contributed by atoms with Gasteiger partial charge in [0.25, 0.3) is 0 Å². The fourth-order valence-corrected chi connectivity index (χ4v) is 5.50. The minimum atomic E-state index is -3.56. The molecular formula is C23H21F2N5O2S. The second-order valence-electron chi connectivity index (χ2n) is 7.74. The largest absolute Gasteiger partial charge is 0.292 e. The average molecular weight is 470 g/mol. The summed E-state index contributed by atoms with van der Waals surface area (Å²) in [6, 6.07) is 11.5. The Hall–Kier alpha value is -3.50. The normalized spacial score (nSPS) is 16.7. The van der Waals surface area contributed by atoms with Crippen LogP contribution in [-0.4, -0.2) is 35.6 Å². The molecule has 5 rings (SSSR count). The Labute approximate surface area is 190 Å². The molecule has 0 aliphatic carbocycles. The van der Waals surface area contributed by atoms with Gasteiger partial charge in [0.2, 0.25) is 10.0 Å². The molecule has 0 bridgehead atoms. The van der Waals surface area contributed by atoms with Gasteiger partial charge in [-0.3, -0.25) is 10.4 Å². The minimum absolute atomic E-state index is 0.0162. The Balaban J connectivity index is 1.44. The van der Waals surface area contributed by atoms with Crippen molar-refractivity contribution in [2.24, 2.45) is 0 Å². The van der Waals surface area contributed by atoms with E-state index < -0.39 is 21.7 Å². The fourth-order valence-electron chi connectivity index (χ4n) is 3.94. The summed E-state index contributed by atoms with van der Waals surface area (Å²) in [4.78, 5) is 0.222. The van der Waals surface area contributed by atoms with Gasteiger partial charge in [-0.15, -0.1) is 0 Å². The Morgan fingerprint density at radius 2 is 1.82 bits per heavy atom. The molecule has 1 aromatic heterocycles. The number of rotatable bonds is 5. The van der Waals surface area contributed by atoms with E-state index in [-0.39, 0.29) is 10.6 Å². The maximum Gasteiger partial charge on any atom is 0.243 e. The Morgan fingerprint density at radius 1 is 1.00 bits per heavy atom. The number of hydrogen-bond donors (Lipinski definition) is 1. The fraction of sp³-hybridized carbons (Fsp3) is 0.174. The summed E-state index contributed by atoms with van der Waals surface area (Å²) in [5.41, 5.74) is 4.87. The Kier molecular flexibility index (Phi) is 5.47. The predicted molar refractivity (Wildman–Crippen MR) is 121 cm³/mol. The van der Waals surface area contributed by atoms with Gasteiger partial charge < -0.3 is 0 Å². The summed E-state index contributed by atoms with van der Waals surface area (Å²) in [6.45, 7) is 1.06. The molecule has 0 radical (unpaired) electrons. The second kappa shape index (κ2) is 8.45. The number of nitrogens with zero attached hydrogens (tertiary/aromatic N) is 4. The van der Waals surface area contributed by atoms with Crippen LogP contribution in [0.2, 0.25) is 0 Å². The average Bonchev–Trinajstić information content (AvgIpc) is 3.54. The number of halogens is 2. The van der Waals surface area contributed by atoms with Gasteiger partial charge in [-0.05, 0) is 61.4 Å². The zero-order chi connectivity index (χ0) is 23.0. The monoisotopic (exact) mass is 469 g/mol. The first-order chi connectivity index (χ1) is 15.9. The van der Waals surface area contributed by atoms with Gasteiger partial charge in [-0.2, -0.15) is 9.40 Å². The lowest BCUT2D eigenvalue weighted by Crippen LogP contribution is -2.34. The summed E-state index contributed by atoms with van der Waals surface area (Å²) < 4.78 is 56.8. The molecule has 3 heterocycles. The molecule has 2 aliphatic rings. The first-order valence-corrected chi connectivity index (χ1v) is 11.9. The summed E-state index contributed by atoms with van der Waals surface area (Å²) in [5, 5.41) is 5.82. The van der Waals surface area contributed by atoms with Crippen LogP contribution in [0.5, 0.6) is 0 Å². The molecule has 0 amide bonds. The van der Waals surface area contributed by atoms with Crippen LogP contribution >= 0.6 is 0 Å². The van der Waals surface area contributed by atoms with Crippen LogP contribution in [0.3, 0.4) is 0 Å². The Morgan fingerprint density at radius 3 is 2.64 bits per heavy atom. The molecule has 33 heavy (non-hydrogen) atoms. The first-order valence-electron chi connectivity index (χ1n) is 10.5. The third-order valence-corrected chi connectivity index (χ3v) is 7.49. The minimum Gasteiger partial charge on any atom is -0.292 e. The van der Waals surface area contributed by atoms with Gasteiger partial charge in [0.1, 0.15) is 17.3 Å². The molecule has 1 N–H and O–H groups in total. The summed E-state index contributed by atoms with van der Waals surface area (Å²) in [7, 11) is -3.56. The van der Waals surface area contributed by atoms with E-state index in [4.69, 9.17) is 0 Å². The van der Waals surface area contributed by atoms with Gasteiger partial charge in [0, 0.05) is 25.4 Å². The zero-order valence-electron chi connectivity index (χ0n) is 17.5. The van der Waals surface area contributed by atoms with E-state index in [9.17, 15) is 17.2 Å². The number of hydrazine groups is 1. The number of sulfonamides is 1. The van der Waals surface area contributed by atoms with Crippen LogP contribution < -0.4 is 10.4 Å². The number of allylic oxidation sites excluding steroid dienone is 2. The lowest BCUT2D eigenvalue weighted by atomic mass is 10.2. The van der Waals surface area contributed by atoms with Gasteiger partial charge in [-0.1, -0.05) is 6.07 Å². The number of benzene rings is 2. The highest BCUT2D eigenvalue weighted by atomic mass is 32.2. The molecule has 1 fully saturated rings. The maximum atomic E-state index is 14.4. The number of hydrogen-bond acceptors (Lipinski definition) is 5. The van der Waals surface area contributed by atoms with E-state index in [1.165, 1.54) is 15.2 Å². The van der Waals surface area contributed by atoms with Crippen molar-refractivity contribution in [3.63, 3.8) is 0 Å². The molecule has 170 valence electrons. The van der Waals surface area contributed by atoms with E-state index in [1.807, 2.05) is 0 Å². The van der Waals surface area contributed by atoms with Crippen molar-refractivity contribution in [3.8, 4) is 5.69 Å². The molecule has 0 atom stereocenters. The predicted octanol–water partition coefficient (Wildman–Crippen LogP) is 3.81. The number of aromatic nitrogens is 2. The first kappa shape index (κ1) is 21.4. The molecule has 2 aliphatic heterocycles. The molecule has 7 nitrogen and oxygen atoms in total. The van der Waals surface area contributed by atoms with Crippen LogP contribution in [0.15, 0.2) is 78.0 Å². The summed E-state index contributed by atoms with van der Waals surface area (Å²) in [5.74, 6) is -1.18. The van der Waals surface area contributed by atoms with Gasteiger partial charge in [-0.25, -0.2) is 21.9 Å². The van der Waals surface area contributed by atoms with Crippen molar-refractivity contribution in [2.45, 2.75) is 17.7 Å². The van der Waals surface area contributed by atoms with Crippen LogP contribution in [0.1, 0.15) is 18.5 Å². The molecule has 2 aromatic carbocycles. The molecule has 0 saturated carbocycles. The van der Waals surface area contributed by atoms with Gasteiger partial charge in [0.15, 0.2) is 0 Å². The van der Waals surface area contributed by atoms with Crippen LogP contribution in [0.4, 0.5) is 14.5 Å². The van der Waals surface area contributed by atoms with Crippen LogP contribution in [0, 0.1) is 11.6 Å². The maximum absolute atomic E-state index is 14.4. The molecule has 0 spiro atoms. The smallest absolute Gasteiger partial charge is 0.243 e. The topological polar surface area (TPSA) is 70.5 Å². The van der Waals surface area contributed by atoms with E-state index in [1.54, 1.807) is 53.7 Å². The highest BCUT2D eigenvalue weighted by Crippen LogP contribution is 2.27. The van der Waals surface area contributed by atoms with Gasteiger partial charge in [0.05, 0.1) is 28.2 Å². The highest BCUT2D eigenvalue weighted by molar-refractivity contribution is 7.89. The third kappa shape index (κ3) is 4.03. The highest BCUT2D eigenvalue weighted by Gasteiger charge is 2.27. The van der Waals surface area contributed by atoms with E-state index in [0.717, 1.165) is 31.0 Å². The summed E-state index contributed by atoms with van der Waals surface area (Å²) >= 11 is 0. The molecule has 10 heteroatoms. The Bertz CT molecular complexity index is 1360. The quantitative estimate of drug-likeness (QED) is 0.615. The molecule has 1 saturated heterocycles.